The summed E-state index contributed by atoms with van der Waals surface area (Å²) in [6.45, 7) is 0.743. The predicted molar refractivity (Wildman–Crippen MR) is 200 cm³/mol. The minimum absolute atomic E-state index is 0.134. The molecule has 5 N–H and O–H groups in total. The number of nitrogens with one attached hydrogen (secondary N) is 2. The predicted octanol–water partition coefficient (Wildman–Crippen LogP) is 7.46. The Balaban J connectivity index is 0.000000407. The maximum absolute atomic E-state index is 12.8. The van der Waals surface area contributed by atoms with Gasteiger partial charge in [-0.3, -0.25) is 14.7 Å². The van der Waals surface area contributed by atoms with Gasteiger partial charge < -0.3 is 30.0 Å². The van der Waals surface area contributed by atoms with Crippen molar-refractivity contribution < 1.29 is 33.4 Å². The second-order valence-corrected chi connectivity index (χ2v) is 12.3. The second kappa shape index (κ2) is 18.2. The van der Waals surface area contributed by atoms with E-state index in [9.17, 15) is 19.2 Å². The van der Waals surface area contributed by atoms with E-state index >= 15 is 0 Å². The van der Waals surface area contributed by atoms with E-state index in [0.717, 1.165) is 47.9 Å². The van der Waals surface area contributed by atoms with Gasteiger partial charge in [0.1, 0.15) is 11.9 Å². The van der Waals surface area contributed by atoms with Crippen LogP contribution in [-0.2, 0) is 17.8 Å². The van der Waals surface area contributed by atoms with E-state index in [0.29, 0.717) is 53.9 Å². The van der Waals surface area contributed by atoms with Crippen LogP contribution in [0.15, 0.2) is 106 Å². The fourth-order valence-electron chi connectivity index (χ4n) is 5.92. The number of rotatable bonds is 11. The molecule has 0 aliphatic heterocycles. The van der Waals surface area contributed by atoms with E-state index in [-0.39, 0.29) is 12.1 Å². The van der Waals surface area contributed by atoms with E-state index in [1.54, 1.807) is 6.07 Å². The van der Waals surface area contributed by atoms with Crippen LogP contribution < -0.4 is 26.9 Å². The lowest BCUT2D eigenvalue weighted by molar-refractivity contribution is 0.0826. The van der Waals surface area contributed by atoms with Gasteiger partial charge in [-0.15, -0.1) is 0 Å². The summed E-state index contributed by atoms with van der Waals surface area (Å²) in [6, 6.07) is 28.4. The number of hydrogen-bond acceptors (Lipinski definition) is 8. The lowest BCUT2D eigenvalue weighted by Gasteiger charge is -2.26. The van der Waals surface area contributed by atoms with Gasteiger partial charge in [-0.25, -0.2) is 14.4 Å². The molecular weight excluding hydrogens is 664 g/mol. The van der Waals surface area contributed by atoms with Gasteiger partial charge >= 0.3 is 17.9 Å². The van der Waals surface area contributed by atoms with Crippen LogP contribution in [0.5, 0.6) is 5.75 Å². The molecule has 270 valence electrons. The third-order valence-electron chi connectivity index (χ3n) is 8.62. The van der Waals surface area contributed by atoms with E-state index in [2.05, 4.69) is 10.6 Å². The van der Waals surface area contributed by atoms with Crippen molar-refractivity contribution >= 4 is 41.3 Å². The molecule has 0 atom stereocenters. The Labute approximate surface area is 300 Å². The van der Waals surface area contributed by atoms with Crippen molar-refractivity contribution in [3.05, 3.63) is 124 Å². The van der Waals surface area contributed by atoms with Crippen LogP contribution in [0, 0.1) is 0 Å². The molecule has 1 heterocycles. The SMILES string of the molecule is COc1cc2c(cc1C=O)oc(=O)n2CCC=Cc1ccc(-c2ccccc2)c(NC(=O)O[C@H]2CC[C@H](N)CC2)c1.O=C(O)NCc1ccccc1. The molecule has 1 fully saturated rings. The minimum Gasteiger partial charge on any atom is -0.496 e. The van der Waals surface area contributed by atoms with Crippen LogP contribution in [-0.4, -0.2) is 47.4 Å². The smallest absolute Gasteiger partial charge is 0.419 e. The molecule has 1 aromatic heterocycles. The van der Waals surface area contributed by atoms with Crippen LogP contribution in [0.4, 0.5) is 15.3 Å². The van der Waals surface area contributed by atoms with Gasteiger partial charge in [0.2, 0.25) is 0 Å². The first-order chi connectivity index (χ1) is 25.2. The van der Waals surface area contributed by atoms with Crippen molar-refractivity contribution in [3.8, 4) is 16.9 Å². The Morgan fingerprint density at radius 2 is 1.69 bits per heavy atom. The minimum atomic E-state index is -0.992. The highest BCUT2D eigenvalue weighted by molar-refractivity contribution is 5.92. The molecule has 52 heavy (non-hydrogen) atoms. The molecule has 0 radical (unpaired) electrons. The molecule has 0 spiro atoms. The number of carbonyl (C=O) groups is 3. The third-order valence-corrected chi connectivity index (χ3v) is 8.62. The first kappa shape index (κ1) is 37.1. The molecular formula is C40H42N4O8. The maximum atomic E-state index is 12.8. The van der Waals surface area contributed by atoms with Crippen molar-refractivity contribution in [1.29, 1.82) is 0 Å². The van der Waals surface area contributed by atoms with E-state index < -0.39 is 17.9 Å². The lowest BCUT2D eigenvalue weighted by Crippen LogP contribution is -2.32. The summed E-state index contributed by atoms with van der Waals surface area (Å²) >= 11 is 0. The number of amides is 2. The summed E-state index contributed by atoms with van der Waals surface area (Å²) in [5.74, 6) is -0.127. The van der Waals surface area contributed by atoms with Gasteiger partial charge in [-0.1, -0.05) is 84.9 Å². The van der Waals surface area contributed by atoms with Crippen LogP contribution in [0.1, 0.15) is 53.6 Å². The van der Waals surface area contributed by atoms with E-state index in [4.69, 9.17) is 24.7 Å². The zero-order valence-electron chi connectivity index (χ0n) is 28.8. The number of carboxylic acid groups (broad SMARTS) is 1. The van der Waals surface area contributed by atoms with Crippen molar-refractivity contribution in [2.75, 3.05) is 12.4 Å². The number of aldehydes is 1. The maximum Gasteiger partial charge on any atom is 0.419 e. The molecule has 1 aliphatic carbocycles. The van der Waals surface area contributed by atoms with Gasteiger partial charge in [-0.2, -0.15) is 0 Å². The summed E-state index contributed by atoms with van der Waals surface area (Å²) in [4.78, 5) is 46.7. The zero-order valence-corrected chi connectivity index (χ0v) is 28.8. The molecule has 12 nitrogen and oxygen atoms in total. The average Bonchev–Trinajstić information content (AvgIpc) is 3.47. The zero-order chi connectivity index (χ0) is 36.9. The highest BCUT2D eigenvalue weighted by Crippen LogP contribution is 2.30. The Kier molecular flexibility index (Phi) is 13.0. The number of aromatic nitrogens is 1. The summed E-state index contributed by atoms with van der Waals surface area (Å²) in [7, 11) is 1.47. The second-order valence-electron chi connectivity index (χ2n) is 12.3. The fourth-order valence-corrected chi connectivity index (χ4v) is 5.92. The topological polar surface area (TPSA) is 175 Å². The summed E-state index contributed by atoms with van der Waals surface area (Å²) in [5.41, 5.74) is 11.5. The van der Waals surface area contributed by atoms with E-state index in [1.165, 1.54) is 17.7 Å². The molecule has 0 saturated heterocycles. The van der Waals surface area contributed by atoms with Crippen LogP contribution in [0.3, 0.4) is 0 Å². The van der Waals surface area contributed by atoms with Gasteiger partial charge in [0.15, 0.2) is 11.9 Å². The molecule has 1 aliphatic rings. The molecule has 2 amide bonds. The van der Waals surface area contributed by atoms with Crippen LogP contribution in [0.25, 0.3) is 28.3 Å². The molecule has 4 aromatic carbocycles. The van der Waals surface area contributed by atoms with Gasteiger partial charge in [0, 0.05) is 30.8 Å². The standard InChI is InChI=1S/C32H33N3O6.C8H9NO2/c1-39-29-19-28-30(18-23(29)20-36)41-32(38)35(28)16-6-5-7-21-10-15-26(22-8-3-2-4-9-22)27(17-21)34-31(37)40-25-13-11-24(33)12-14-25;10-8(11)9-6-7-4-2-1-3-5-7/h2-5,7-10,15,17-20,24-25H,6,11-14,16,33H2,1H3,(H,34,37);1-5,9H,6H2,(H,10,11)/t24-,25-;. The number of aryl methyl sites for hydroxylation is 1. The number of nitrogens with zero attached hydrogens (tertiary/aromatic N) is 1. The van der Waals surface area contributed by atoms with Crippen molar-refractivity contribution in [2.45, 2.75) is 57.3 Å². The Morgan fingerprint density at radius 3 is 2.37 bits per heavy atom. The molecule has 12 heteroatoms. The van der Waals surface area contributed by atoms with Crippen molar-refractivity contribution in [1.82, 2.24) is 9.88 Å². The molecule has 0 unspecified atom stereocenters. The normalized spacial score (nSPS) is 15.3. The molecule has 6 rings (SSSR count). The van der Waals surface area contributed by atoms with E-state index in [1.807, 2.05) is 91.0 Å². The number of oxazole rings is 1. The van der Waals surface area contributed by atoms with Crippen LogP contribution >= 0.6 is 0 Å². The quantitative estimate of drug-likeness (QED) is 0.102. The number of methoxy groups -OCH3 is 1. The average molecular weight is 707 g/mol. The van der Waals surface area contributed by atoms with Gasteiger partial charge in [0.25, 0.3) is 0 Å². The first-order valence-electron chi connectivity index (χ1n) is 17.0. The fraction of sp³-hybridized carbons (Fsp3) is 0.250. The first-order valence-corrected chi connectivity index (χ1v) is 17.0. The number of hydrogen-bond donors (Lipinski definition) is 4. The van der Waals surface area contributed by atoms with Crippen LogP contribution in [0.2, 0.25) is 0 Å². The summed E-state index contributed by atoms with van der Waals surface area (Å²) < 4.78 is 17.8. The Morgan fingerprint density at radius 1 is 0.981 bits per heavy atom. The number of carbonyl (C=O) groups excluding carboxylic acids is 2. The third kappa shape index (κ3) is 10.2. The Bertz CT molecular complexity index is 2050. The molecule has 5 aromatic rings. The lowest BCUT2D eigenvalue weighted by atomic mass is 9.94. The largest absolute Gasteiger partial charge is 0.496 e. The number of benzene rings is 4. The highest BCUT2D eigenvalue weighted by atomic mass is 16.6. The summed E-state index contributed by atoms with van der Waals surface area (Å²) in [6.07, 6.45) is 6.72. The Hall–Kier alpha value is -6.14. The number of anilines is 1. The molecule has 1 saturated carbocycles. The molecule has 0 bridgehead atoms. The number of nitrogens with two attached hydrogens (primary N) is 1. The number of fused-ring (bicyclic) bond motifs is 1. The van der Waals surface area contributed by atoms with Gasteiger partial charge in [0.05, 0.1) is 23.9 Å². The number of ether oxygens (including phenoxy) is 2. The monoisotopic (exact) mass is 706 g/mol. The van der Waals surface area contributed by atoms with Gasteiger partial charge in [-0.05, 0) is 60.9 Å². The van der Waals surface area contributed by atoms with Crippen molar-refractivity contribution in [2.24, 2.45) is 5.73 Å². The summed E-state index contributed by atoms with van der Waals surface area (Å²) in [5, 5.41) is 13.5. The number of allylic oxidation sites excluding steroid dienone is 1. The van der Waals surface area contributed by atoms with Crippen molar-refractivity contribution in [3.63, 3.8) is 0 Å². The highest BCUT2D eigenvalue weighted by Gasteiger charge is 2.22.